The van der Waals surface area contributed by atoms with E-state index in [9.17, 15) is 4.79 Å². The largest absolute Gasteiger partial charge is 0.478 e. The summed E-state index contributed by atoms with van der Waals surface area (Å²) in [4.78, 5) is 11.9. The van der Waals surface area contributed by atoms with Crippen molar-refractivity contribution in [1.29, 1.82) is 0 Å². The van der Waals surface area contributed by atoms with Crippen LogP contribution in [0.4, 0.5) is 0 Å². The normalized spacial score (nSPS) is 14.0. The number of nitrogens with zero attached hydrogens (tertiary/aromatic N) is 3. The zero-order chi connectivity index (χ0) is 13.9. The fourth-order valence-electron chi connectivity index (χ4n) is 2.34. The number of benzene rings is 1. The zero-order valence-corrected chi connectivity index (χ0v) is 11.8. The van der Waals surface area contributed by atoms with Crippen LogP contribution in [0.1, 0.15) is 34.8 Å². The molecule has 0 atom stereocenters. The molecule has 1 aliphatic rings. The van der Waals surface area contributed by atoms with Crippen LogP contribution in [0.3, 0.4) is 0 Å². The summed E-state index contributed by atoms with van der Waals surface area (Å²) in [7, 11) is 0. The van der Waals surface area contributed by atoms with E-state index in [0.29, 0.717) is 5.56 Å². The molecule has 0 aliphatic carbocycles. The molecule has 0 bridgehead atoms. The molecule has 0 spiro atoms. The Hall–Kier alpha value is -1.82. The van der Waals surface area contributed by atoms with Gasteiger partial charge in [-0.1, -0.05) is 6.07 Å². The van der Waals surface area contributed by atoms with Gasteiger partial charge in [0.15, 0.2) is 0 Å². The average Bonchev–Trinajstić information content (AvgIpc) is 2.89. The smallest absolute Gasteiger partial charge is 0.335 e. The summed E-state index contributed by atoms with van der Waals surface area (Å²) >= 11 is 1.60. The second-order valence-corrected chi connectivity index (χ2v) is 5.81. The number of rotatable bonds is 4. The van der Waals surface area contributed by atoms with E-state index in [1.54, 1.807) is 30.0 Å². The van der Waals surface area contributed by atoms with Crippen LogP contribution in [0, 0.1) is 0 Å². The molecule has 1 N–H and O–H groups in total. The summed E-state index contributed by atoms with van der Waals surface area (Å²) < 4.78 is 2.19. The van der Waals surface area contributed by atoms with E-state index in [1.807, 2.05) is 6.07 Å². The Bertz CT molecular complexity index is 639. The lowest BCUT2D eigenvalue weighted by molar-refractivity contribution is 0.0696. The van der Waals surface area contributed by atoms with Crippen molar-refractivity contribution in [2.75, 3.05) is 0 Å². The Morgan fingerprint density at radius 1 is 1.35 bits per heavy atom. The van der Waals surface area contributed by atoms with Crippen LogP contribution in [-0.4, -0.2) is 25.8 Å². The van der Waals surface area contributed by atoms with E-state index in [-0.39, 0.29) is 0 Å². The van der Waals surface area contributed by atoms with Crippen molar-refractivity contribution in [1.82, 2.24) is 14.8 Å². The Morgan fingerprint density at radius 3 is 3.10 bits per heavy atom. The lowest BCUT2D eigenvalue weighted by atomic mass is 10.2. The zero-order valence-electron chi connectivity index (χ0n) is 11.0. The third kappa shape index (κ3) is 2.70. The van der Waals surface area contributed by atoms with Crippen LogP contribution < -0.4 is 0 Å². The molecule has 3 rings (SSSR count). The number of carboxylic acid groups (broad SMARTS) is 1. The number of hydrogen-bond donors (Lipinski definition) is 1. The number of aryl methyl sites for hydroxylation is 1. The van der Waals surface area contributed by atoms with Gasteiger partial charge in [-0.05, 0) is 31.0 Å². The van der Waals surface area contributed by atoms with Crippen molar-refractivity contribution in [3.8, 4) is 0 Å². The van der Waals surface area contributed by atoms with Gasteiger partial charge in [0.05, 0.1) is 11.3 Å². The molecule has 0 radical (unpaired) electrons. The molecule has 0 amide bonds. The van der Waals surface area contributed by atoms with Gasteiger partial charge in [0.25, 0.3) is 0 Å². The molecule has 20 heavy (non-hydrogen) atoms. The van der Waals surface area contributed by atoms with Gasteiger partial charge in [-0.25, -0.2) is 4.79 Å². The Balaban J connectivity index is 1.72. The standard InChI is InChI=1S/C14H15N3O2S/c18-14(19)10-4-3-5-11(8-10)20-9-13-16-15-12-6-1-2-7-17(12)13/h3-5,8H,1-2,6-7,9H2,(H,18,19). The molecular formula is C14H15N3O2S. The first kappa shape index (κ1) is 13.2. The van der Waals surface area contributed by atoms with Gasteiger partial charge < -0.3 is 9.67 Å². The number of carboxylic acids is 1. The van der Waals surface area contributed by atoms with Gasteiger partial charge in [0, 0.05) is 17.9 Å². The molecule has 2 heterocycles. The number of aromatic nitrogens is 3. The molecule has 0 saturated carbocycles. The van der Waals surface area contributed by atoms with Gasteiger partial charge in [0.1, 0.15) is 11.6 Å². The van der Waals surface area contributed by atoms with Crippen molar-refractivity contribution in [2.24, 2.45) is 0 Å². The van der Waals surface area contributed by atoms with Gasteiger partial charge in [-0.15, -0.1) is 22.0 Å². The van der Waals surface area contributed by atoms with E-state index in [4.69, 9.17) is 5.11 Å². The van der Waals surface area contributed by atoms with Crippen LogP contribution in [0.15, 0.2) is 29.2 Å². The molecule has 0 unspecified atom stereocenters. The van der Waals surface area contributed by atoms with Crippen LogP contribution in [0.2, 0.25) is 0 Å². The minimum atomic E-state index is -0.896. The van der Waals surface area contributed by atoms with E-state index in [0.717, 1.165) is 35.3 Å². The van der Waals surface area contributed by atoms with Crippen molar-refractivity contribution < 1.29 is 9.90 Å². The lowest BCUT2D eigenvalue weighted by Crippen LogP contribution is -2.12. The molecular weight excluding hydrogens is 274 g/mol. The SMILES string of the molecule is O=C(O)c1cccc(SCc2nnc3n2CCCC3)c1. The monoisotopic (exact) mass is 289 g/mol. The first-order chi connectivity index (χ1) is 9.74. The van der Waals surface area contributed by atoms with Crippen LogP contribution in [-0.2, 0) is 18.7 Å². The van der Waals surface area contributed by atoms with Gasteiger partial charge in [0.2, 0.25) is 0 Å². The molecule has 1 aliphatic heterocycles. The number of thioether (sulfide) groups is 1. The van der Waals surface area contributed by atoms with Crippen molar-refractivity contribution in [3.05, 3.63) is 41.5 Å². The number of carbonyl (C=O) groups is 1. The molecule has 1 aromatic carbocycles. The van der Waals surface area contributed by atoms with E-state index >= 15 is 0 Å². The summed E-state index contributed by atoms with van der Waals surface area (Å²) in [5.74, 6) is 1.87. The van der Waals surface area contributed by atoms with E-state index < -0.39 is 5.97 Å². The minimum absolute atomic E-state index is 0.318. The third-order valence-electron chi connectivity index (χ3n) is 3.39. The summed E-state index contributed by atoms with van der Waals surface area (Å²) in [6.45, 7) is 0.993. The van der Waals surface area contributed by atoms with Crippen molar-refractivity contribution in [3.63, 3.8) is 0 Å². The maximum atomic E-state index is 10.9. The highest BCUT2D eigenvalue weighted by atomic mass is 32.2. The Kier molecular flexibility index (Phi) is 3.73. The summed E-state index contributed by atoms with van der Waals surface area (Å²) in [6.07, 6.45) is 3.37. The maximum absolute atomic E-state index is 10.9. The van der Waals surface area contributed by atoms with Gasteiger partial charge in [-0.2, -0.15) is 0 Å². The average molecular weight is 289 g/mol. The van der Waals surface area contributed by atoms with Gasteiger partial charge >= 0.3 is 5.97 Å². The highest BCUT2D eigenvalue weighted by molar-refractivity contribution is 7.98. The summed E-state index contributed by atoms with van der Waals surface area (Å²) in [5, 5.41) is 17.5. The van der Waals surface area contributed by atoms with Crippen LogP contribution >= 0.6 is 11.8 Å². The highest BCUT2D eigenvalue weighted by Gasteiger charge is 2.15. The summed E-state index contributed by atoms with van der Waals surface area (Å²) in [6, 6.07) is 6.99. The maximum Gasteiger partial charge on any atom is 0.335 e. The first-order valence-electron chi connectivity index (χ1n) is 6.61. The number of hydrogen-bond acceptors (Lipinski definition) is 4. The molecule has 6 heteroatoms. The second-order valence-electron chi connectivity index (χ2n) is 4.76. The Morgan fingerprint density at radius 2 is 2.25 bits per heavy atom. The minimum Gasteiger partial charge on any atom is -0.478 e. The Labute approximate surface area is 121 Å². The topological polar surface area (TPSA) is 68.0 Å². The fourth-order valence-corrected chi connectivity index (χ4v) is 3.24. The lowest BCUT2D eigenvalue weighted by Gasteiger charge is -2.14. The van der Waals surface area contributed by atoms with Gasteiger partial charge in [-0.3, -0.25) is 0 Å². The van der Waals surface area contributed by atoms with Crippen LogP contribution in [0.25, 0.3) is 0 Å². The van der Waals surface area contributed by atoms with Crippen molar-refractivity contribution >= 4 is 17.7 Å². The molecule has 0 saturated heterocycles. The molecule has 0 fully saturated rings. The summed E-state index contributed by atoms with van der Waals surface area (Å²) in [5.41, 5.74) is 0.318. The van der Waals surface area contributed by atoms with E-state index in [1.165, 1.54) is 12.8 Å². The fraction of sp³-hybridized carbons (Fsp3) is 0.357. The molecule has 104 valence electrons. The third-order valence-corrected chi connectivity index (χ3v) is 4.37. The number of aromatic carboxylic acids is 1. The number of fused-ring (bicyclic) bond motifs is 1. The first-order valence-corrected chi connectivity index (χ1v) is 7.60. The predicted octanol–water partition coefficient (Wildman–Crippen LogP) is 2.60. The second kappa shape index (κ2) is 5.66. The van der Waals surface area contributed by atoms with Crippen LogP contribution in [0.5, 0.6) is 0 Å². The highest BCUT2D eigenvalue weighted by Crippen LogP contribution is 2.24. The molecule has 5 nitrogen and oxygen atoms in total. The molecule has 1 aromatic heterocycles. The quantitative estimate of drug-likeness (QED) is 0.876. The molecule has 2 aromatic rings. The van der Waals surface area contributed by atoms with E-state index in [2.05, 4.69) is 14.8 Å². The predicted molar refractivity (Wildman–Crippen MR) is 75.9 cm³/mol. The van der Waals surface area contributed by atoms with Crippen molar-refractivity contribution in [2.45, 2.75) is 36.5 Å².